The highest BCUT2D eigenvalue weighted by molar-refractivity contribution is 6.30. The van der Waals surface area contributed by atoms with Crippen molar-refractivity contribution in [1.82, 2.24) is 0 Å². The first kappa shape index (κ1) is 15.7. The van der Waals surface area contributed by atoms with Crippen molar-refractivity contribution in [2.45, 2.75) is 19.4 Å². The summed E-state index contributed by atoms with van der Waals surface area (Å²) in [7, 11) is 1.61. The Balaban J connectivity index is 2.21. The average molecular weight is 306 g/mol. The van der Waals surface area contributed by atoms with Gasteiger partial charge in [0.25, 0.3) is 0 Å². The molecule has 0 spiro atoms. The quantitative estimate of drug-likeness (QED) is 0.870. The third kappa shape index (κ3) is 3.90. The molecule has 3 nitrogen and oxygen atoms in total. The summed E-state index contributed by atoms with van der Waals surface area (Å²) in [4.78, 5) is 0. The maximum atomic E-state index is 6.33. The van der Waals surface area contributed by atoms with Gasteiger partial charge in [-0.1, -0.05) is 36.7 Å². The number of methoxy groups -OCH3 is 1. The molecule has 1 unspecified atom stereocenters. The summed E-state index contributed by atoms with van der Waals surface area (Å²) in [5.74, 6) is 1.55. The smallest absolute Gasteiger partial charge is 0.125 e. The van der Waals surface area contributed by atoms with Crippen LogP contribution in [0, 0.1) is 0 Å². The summed E-state index contributed by atoms with van der Waals surface area (Å²) in [6.07, 6.45) is 0.989. The maximum absolute atomic E-state index is 6.33. The van der Waals surface area contributed by atoms with E-state index in [1.165, 1.54) is 0 Å². The summed E-state index contributed by atoms with van der Waals surface area (Å²) < 4.78 is 10.9. The summed E-state index contributed by atoms with van der Waals surface area (Å²) in [6, 6.07) is 13.0. The normalized spacial score (nSPS) is 12.0. The van der Waals surface area contributed by atoms with E-state index in [4.69, 9.17) is 26.8 Å². The van der Waals surface area contributed by atoms with Crippen LogP contribution < -0.4 is 15.2 Å². The average Bonchev–Trinajstić information content (AvgIpc) is 2.52. The molecule has 112 valence electrons. The van der Waals surface area contributed by atoms with E-state index in [2.05, 4.69) is 6.92 Å². The number of benzene rings is 2. The van der Waals surface area contributed by atoms with Gasteiger partial charge in [0, 0.05) is 10.6 Å². The molecule has 0 aliphatic carbocycles. The highest BCUT2D eigenvalue weighted by Crippen LogP contribution is 2.31. The predicted octanol–water partition coefficient (Wildman–Crippen LogP) is 4.19. The van der Waals surface area contributed by atoms with Gasteiger partial charge in [0.05, 0.1) is 19.8 Å². The lowest BCUT2D eigenvalue weighted by Crippen LogP contribution is -2.13. The zero-order valence-electron chi connectivity index (χ0n) is 12.3. The van der Waals surface area contributed by atoms with Gasteiger partial charge in [-0.25, -0.2) is 0 Å². The van der Waals surface area contributed by atoms with E-state index >= 15 is 0 Å². The first-order chi connectivity index (χ1) is 10.2. The standard InChI is InChI=1S/C17H20ClNO2/c1-3-10-21-14-7-4-12(5-8-14)17(19)15-9-6-13(18)11-16(15)20-2/h4-9,11,17H,3,10,19H2,1-2H3. The van der Waals surface area contributed by atoms with Crippen LogP contribution in [0.3, 0.4) is 0 Å². The molecule has 1 atom stereocenters. The minimum absolute atomic E-state index is 0.266. The predicted molar refractivity (Wildman–Crippen MR) is 86.3 cm³/mol. The summed E-state index contributed by atoms with van der Waals surface area (Å²) in [6.45, 7) is 2.80. The van der Waals surface area contributed by atoms with Crippen LogP contribution in [0.1, 0.15) is 30.5 Å². The molecule has 0 saturated carbocycles. The third-order valence-corrected chi connectivity index (χ3v) is 3.48. The minimum Gasteiger partial charge on any atom is -0.496 e. The van der Waals surface area contributed by atoms with Gasteiger partial charge in [-0.15, -0.1) is 0 Å². The number of rotatable bonds is 6. The molecule has 0 aliphatic heterocycles. The van der Waals surface area contributed by atoms with Crippen molar-refractivity contribution in [2.24, 2.45) is 5.73 Å². The fourth-order valence-corrected chi connectivity index (χ4v) is 2.27. The summed E-state index contributed by atoms with van der Waals surface area (Å²) >= 11 is 5.98. The zero-order valence-corrected chi connectivity index (χ0v) is 13.1. The van der Waals surface area contributed by atoms with Gasteiger partial charge in [-0.2, -0.15) is 0 Å². The van der Waals surface area contributed by atoms with Crippen LogP contribution in [0.5, 0.6) is 11.5 Å². The second kappa shape index (κ2) is 7.34. The Morgan fingerprint density at radius 1 is 1.14 bits per heavy atom. The van der Waals surface area contributed by atoms with Crippen molar-refractivity contribution < 1.29 is 9.47 Å². The number of nitrogens with two attached hydrogens (primary N) is 1. The van der Waals surface area contributed by atoms with Crippen molar-refractivity contribution in [1.29, 1.82) is 0 Å². The van der Waals surface area contributed by atoms with Crippen molar-refractivity contribution in [3.05, 3.63) is 58.6 Å². The second-order valence-corrected chi connectivity index (χ2v) is 5.22. The van der Waals surface area contributed by atoms with Crippen LogP contribution in [0.4, 0.5) is 0 Å². The molecule has 0 aromatic heterocycles. The van der Waals surface area contributed by atoms with Crippen molar-refractivity contribution in [3.8, 4) is 11.5 Å². The Kier molecular flexibility index (Phi) is 5.48. The Hall–Kier alpha value is -1.71. The van der Waals surface area contributed by atoms with E-state index in [-0.39, 0.29) is 6.04 Å². The maximum Gasteiger partial charge on any atom is 0.125 e. The van der Waals surface area contributed by atoms with Crippen molar-refractivity contribution in [3.63, 3.8) is 0 Å². The number of ether oxygens (including phenoxy) is 2. The molecule has 0 radical (unpaired) electrons. The second-order valence-electron chi connectivity index (χ2n) is 4.78. The van der Waals surface area contributed by atoms with Gasteiger partial charge >= 0.3 is 0 Å². The molecule has 0 aliphatic rings. The van der Waals surface area contributed by atoms with Gasteiger partial charge in [0.1, 0.15) is 11.5 Å². The van der Waals surface area contributed by atoms with Gasteiger partial charge in [-0.3, -0.25) is 0 Å². The molecule has 21 heavy (non-hydrogen) atoms. The van der Waals surface area contributed by atoms with Crippen molar-refractivity contribution >= 4 is 11.6 Å². The number of hydrogen-bond donors (Lipinski definition) is 1. The molecule has 0 fully saturated rings. The van der Waals surface area contributed by atoms with Crippen LogP contribution >= 0.6 is 11.6 Å². The van der Waals surface area contributed by atoms with E-state index < -0.39 is 0 Å². The molecule has 4 heteroatoms. The lowest BCUT2D eigenvalue weighted by atomic mass is 9.98. The van der Waals surface area contributed by atoms with E-state index in [9.17, 15) is 0 Å². The van der Waals surface area contributed by atoms with E-state index in [0.29, 0.717) is 10.8 Å². The fourth-order valence-electron chi connectivity index (χ4n) is 2.11. The molecule has 0 saturated heterocycles. The SMILES string of the molecule is CCCOc1ccc(C(N)c2ccc(Cl)cc2OC)cc1. The van der Waals surface area contributed by atoms with E-state index in [0.717, 1.165) is 29.9 Å². The van der Waals surface area contributed by atoms with Gasteiger partial charge in [-0.05, 0) is 36.2 Å². The molecule has 2 aromatic carbocycles. The molecule has 2 aromatic rings. The van der Waals surface area contributed by atoms with Gasteiger partial charge < -0.3 is 15.2 Å². The summed E-state index contributed by atoms with van der Waals surface area (Å²) in [5.41, 5.74) is 8.24. The van der Waals surface area contributed by atoms with Crippen molar-refractivity contribution in [2.75, 3.05) is 13.7 Å². The Bertz CT molecular complexity index is 584. The zero-order chi connectivity index (χ0) is 15.2. The summed E-state index contributed by atoms with van der Waals surface area (Å²) in [5, 5.41) is 0.631. The molecule has 0 heterocycles. The van der Waals surface area contributed by atoms with E-state index in [1.54, 1.807) is 13.2 Å². The largest absolute Gasteiger partial charge is 0.496 e. The van der Waals surface area contributed by atoms with Crippen LogP contribution in [-0.2, 0) is 0 Å². The molecule has 0 amide bonds. The molecule has 2 N–H and O–H groups in total. The highest BCUT2D eigenvalue weighted by Gasteiger charge is 2.14. The first-order valence-electron chi connectivity index (χ1n) is 6.97. The first-order valence-corrected chi connectivity index (χ1v) is 7.35. The monoisotopic (exact) mass is 305 g/mol. The van der Waals surface area contributed by atoms with Crippen LogP contribution in [0.15, 0.2) is 42.5 Å². The lowest BCUT2D eigenvalue weighted by Gasteiger charge is -2.17. The topological polar surface area (TPSA) is 44.5 Å². The molecular weight excluding hydrogens is 286 g/mol. The highest BCUT2D eigenvalue weighted by atomic mass is 35.5. The third-order valence-electron chi connectivity index (χ3n) is 3.24. The van der Waals surface area contributed by atoms with Crippen LogP contribution in [-0.4, -0.2) is 13.7 Å². The molecular formula is C17H20ClNO2. The van der Waals surface area contributed by atoms with Crippen LogP contribution in [0.2, 0.25) is 5.02 Å². The number of hydrogen-bond acceptors (Lipinski definition) is 3. The fraction of sp³-hybridized carbons (Fsp3) is 0.294. The minimum atomic E-state index is -0.266. The lowest BCUT2D eigenvalue weighted by molar-refractivity contribution is 0.317. The Morgan fingerprint density at radius 2 is 1.86 bits per heavy atom. The number of halogens is 1. The van der Waals surface area contributed by atoms with Crippen LogP contribution in [0.25, 0.3) is 0 Å². The molecule has 0 bridgehead atoms. The van der Waals surface area contributed by atoms with Gasteiger partial charge in [0.2, 0.25) is 0 Å². The molecule has 2 rings (SSSR count). The Labute approximate surface area is 130 Å². The Morgan fingerprint density at radius 3 is 2.48 bits per heavy atom. The van der Waals surface area contributed by atoms with E-state index in [1.807, 2.05) is 36.4 Å². The van der Waals surface area contributed by atoms with Gasteiger partial charge in [0.15, 0.2) is 0 Å².